The van der Waals surface area contributed by atoms with E-state index in [2.05, 4.69) is 35.5 Å². The lowest BCUT2D eigenvalue weighted by Crippen LogP contribution is -2.64. The van der Waals surface area contributed by atoms with Gasteiger partial charge in [-0.1, -0.05) is 0 Å². The first-order valence-electron chi connectivity index (χ1n) is 21.9. The van der Waals surface area contributed by atoms with Crippen LogP contribution in [0.5, 0.6) is 0 Å². The normalized spacial score (nSPS) is 26.1. The lowest BCUT2D eigenvalue weighted by atomic mass is 9.89. The number of nitrogens with one attached hydrogen (secondary N) is 2. The zero-order valence-electron chi connectivity index (χ0n) is 34.7. The number of aromatic nitrogens is 7. The molecule has 0 radical (unpaired) electrons. The SMILES string of the molecule is Cn1c(=O)n(C2CCC(=O)NC2=O)c2ccc(F)c(N3CC(N4CCN(C5CCC(n6cc(NC(=O)c7cnn8ccc(N9C[C@H]%10C[C@@H]9CO%10)nc78)c(C(F)F)n6)CC5)CC4)C3)c21. The van der Waals surface area contributed by atoms with E-state index in [-0.39, 0.29) is 54.2 Å². The summed E-state index contributed by atoms with van der Waals surface area (Å²) in [5, 5.41) is 13.6. The van der Waals surface area contributed by atoms with Crippen molar-refractivity contribution in [3.63, 3.8) is 0 Å². The van der Waals surface area contributed by atoms with Gasteiger partial charge in [0.15, 0.2) is 11.3 Å². The third kappa shape index (κ3) is 6.85. The molecule has 1 aliphatic carbocycles. The number of fused-ring (bicyclic) bond motifs is 4. The van der Waals surface area contributed by atoms with Gasteiger partial charge in [0.05, 0.1) is 53.4 Å². The van der Waals surface area contributed by atoms with E-state index in [1.807, 2.05) is 11.0 Å². The molecule has 332 valence electrons. The van der Waals surface area contributed by atoms with Gasteiger partial charge in [0, 0.05) is 83.8 Å². The van der Waals surface area contributed by atoms with E-state index >= 15 is 4.39 Å². The van der Waals surface area contributed by atoms with Gasteiger partial charge in [0.25, 0.3) is 12.3 Å². The molecule has 9 heterocycles. The van der Waals surface area contributed by atoms with Gasteiger partial charge in [0.2, 0.25) is 11.8 Å². The number of imide groups is 1. The maximum atomic E-state index is 15.5. The number of morpholine rings is 1. The summed E-state index contributed by atoms with van der Waals surface area (Å²) in [7, 11) is 1.58. The molecule has 1 aromatic carbocycles. The van der Waals surface area contributed by atoms with E-state index in [0.29, 0.717) is 48.1 Å². The zero-order valence-corrected chi connectivity index (χ0v) is 34.7. The molecule has 5 aliphatic heterocycles. The summed E-state index contributed by atoms with van der Waals surface area (Å²) in [5.74, 6) is -1.21. The highest BCUT2D eigenvalue weighted by Gasteiger charge is 2.41. The number of anilines is 3. The monoisotopic (exact) mass is 871 g/mol. The number of benzene rings is 1. The topological polar surface area (TPSA) is 172 Å². The fourth-order valence-electron chi connectivity index (χ4n) is 10.9. The molecule has 1 unspecified atom stereocenters. The molecule has 5 aromatic rings. The molecular formula is C42H48F3N13O5. The van der Waals surface area contributed by atoms with E-state index in [9.17, 15) is 28.0 Å². The summed E-state index contributed by atoms with van der Waals surface area (Å²) in [6, 6.07) is 4.59. The minimum atomic E-state index is -2.88. The maximum Gasteiger partial charge on any atom is 0.329 e. The Labute approximate surface area is 358 Å². The molecule has 21 heteroatoms. The second-order valence-corrected chi connectivity index (χ2v) is 17.8. The maximum absolute atomic E-state index is 15.5. The Kier molecular flexibility index (Phi) is 9.83. The fourth-order valence-corrected chi connectivity index (χ4v) is 10.9. The Morgan fingerprint density at radius 3 is 2.38 bits per heavy atom. The summed E-state index contributed by atoms with van der Waals surface area (Å²) < 4.78 is 55.8. The molecule has 2 N–H and O–H groups in total. The first kappa shape index (κ1) is 40.0. The van der Waals surface area contributed by atoms with Gasteiger partial charge in [-0.2, -0.15) is 10.2 Å². The van der Waals surface area contributed by atoms with Crippen LogP contribution in [-0.2, 0) is 21.4 Å². The number of aryl methyl sites for hydroxylation is 1. The van der Waals surface area contributed by atoms with Crippen LogP contribution in [0, 0.1) is 5.82 Å². The first-order chi connectivity index (χ1) is 30.5. The van der Waals surface area contributed by atoms with Crippen molar-refractivity contribution in [1.82, 2.24) is 48.6 Å². The van der Waals surface area contributed by atoms with Crippen molar-refractivity contribution in [3.8, 4) is 0 Å². The molecule has 6 aliphatic rings. The number of piperazine rings is 1. The van der Waals surface area contributed by atoms with Crippen molar-refractivity contribution in [2.24, 2.45) is 7.05 Å². The zero-order chi connectivity index (χ0) is 43.3. The minimum absolute atomic E-state index is 0.0265. The Morgan fingerprint density at radius 2 is 1.68 bits per heavy atom. The van der Waals surface area contributed by atoms with Crippen LogP contribution in [0.2, 0.25) is 0 Å². The van der Waals surface area contributed by atoms with Crippen molar-refractivity contribution in [3.05, 3.63) is 64.3 Å². The smallest absolute Gasteiger partial charge is 0.329 e. The van der Waals surface area contributed by atoms with Crippen LogP contribution in [0.1, 0.15) is 79.5 Å². The Balaban J connectivity index is 0.696. The number of halogens is 3. The van der Waals surface area contributed by atoms with Crippen molar-refractivity contribution in [2.45, 2.75) is 87.7 Å². The number of nitrogens with zero attached hydrogens (tertiary/aromatic N) is 11. The van der Waals surface area contributed by atoms with E-state index in [4.69, 9.17) is 9.72 Å². The number of piperidine rings is 1. The van der Waals surface area contributed by atoms with Gasteiger partial charge >= 0.3 is 5.69 Å². The third-order valence-corrected chi connectivity index (χ3v) is 14.3. The van der Waals surface area contributed by atoms with Gasteiger partial charge in [0.1, 0.15) is 23.2 Å². The second-order valence-electron chi connectivity index (χ2n) is 17.8. The van der Waals surface area contributed by atoms with Gasteiger partial charge in [-0.05, 0) is 56.7 Å². The molecule has 4 aromatic heterocycles. The van der Waals surface area contributed by atoms with Crippen LogP contribution in [0.3, 0.4) is 0 Å². The Morgan fingerprint density at radius 1 is 0.937 bits per heavy atom. The average molecular weight is 872 g/mol. The van der Waals surface area contributed by atoms with Gasteiger partial charge in [-0.25, -0.2) is 27.5 Å². The molecule has 11 rings (SSSR count). The number of carbonyl (C=O) groups excluding carboxylic acids is 3. The molecule has 3 amide bonds. The molecular weight excluding hydrogens is 824 g/mol. The minimum Gasteiger partial charge on any atom is -0.374 e. The van der Waals surface area contributed by atoms with Gasteiger partial charge < -0.3 is 19.9 Å². The summed E-state index contributed by atoms with van der Waals surface area (Å²) >= 11 is 0. The predicted octanol–water partition coefficient (Wildman–Crippen LogP) is 2.85. The molecule has 63 heavy (non-hydrogen) atoms. The molecule has 0 spiro atoms. The lowest BCUT2D eigenvalue weighted by Gasteiger charge is -2.50. The molecule has 5 saturated heterocycles. The number of rotatable bonds is 9. The molecule has 1 saturated carbocycles. The van der Waals surface area contributed by atoms with E-state index in [1.165, 1.54) is 38.2 Å². The van der Waals surface area contributed by atoms with Crippen molar-refractivity contribution >= 4 is 51.6 Å². The summed E-state index contributed by atoms with van der Waals surface area (Å²) in [6.07, 6.45) is 6.50. The largest absolute Gasteiger partial charge is 0.374 e. The average Bonchev–Trinajstić information content (AvgIpc) is 4.11. The van der Waals surface area contributed by atoms with Gasteiger partial charge in [-0.15, -0.1) is 0 Å². The number of alkyl halides is 2. The van der Waals surface area contributed by atoms with Crippen LogP contribution in [0.15, 0.2) is 41.6 Å². The fraction of sp³-hybridized carbons (Fsp3) is 0.548. The molecule has 18 nitrogen and oxygen atoms in total. The second kappa shape index (κ2) is 15.5. The van der Waals surface area contributed by atoms with Gasteiger partial charge in [-0.3, -0.25) is 43.3 Å². The van der Waals surface area contributed by atoms with Crippen LogP contribution >= 0.6 is 0 Å². The van der Waals surface area contributed by atoms with Crippen LogP contribution < -0.4 is 26.1 Å². The highest BCUT2D eigenvalue weighted by molar-refractivity contribution is 6.08. The first-order valence-corrected chi connectivity index (χ1v) is 21.9. The van der Waals surface area contributed by atoms with Crippen molar-refractivity contribution in [2.75, 3.05) is 67.5 Å². The number of imidazole rings is 1. The lowest BCUT2D eigenvalue weighted by molar-refractivity contribution is -0.135. The third-order valence-electron chi connectivity index (χ3n) is 14.3. The van der Waals surface area contributed by atoms with Crippen LogP contribution in [0.4, 0.5) is 30.4 Å². The summed E-state index contributed by atoms with van der Waals surface area (Å²) in [5.41, 5.74) is 0.825. The van der Waals surface area contributed by atoms with Crippen molar-refractivity contribution < 1.29 is 32.3 Å². The molecule has 6 fully saturated rings. The summed E-state index contributed by atoms with van der Waals surface area (Å²) in [6.45, 7) is 6.01. The van der Waals surface area contributed by atoms with Crippen molar-refractivity contribution in [1.29, 1.82) is 0 Å². The molecule has 2 bridgehead atoms. The molecule has 3 atom stereocenters. The van der Waals surface area contributed by atoms with E-state index in [0.717, 1.165) is 70.6 Å². The Hall–Kier alpha value is -5.80. The van der Waals surface area contributed by atoms with E-state index < -0.39 is 41.5 Å². The van der Waals surface area contributed by atoms with E-state index in [1.54, 1.807) is 17.9 Å². The quantitative estimate of drug-likeness (QED) is 0.208. The standard InChI is InChI=1S/C42H48F3N13O5/c1-51-37-31(58(42(51)62)32-8-9-34(59)49-41(32)61)7-6-29(43)36(37)54-18-26(19-54)53-14-12-52(13-15-53)23-2-4-24(5-3-23)57-21-30(35(50-57)38(44)45)47-40(60)28-17-46-56-11-10-33(48-39(28)56)55-20-27-16-25(55)22-63-27/h6-7,10-11,17,21,23-27,32,38H,2-5,8-9,12-16,18-20,22H2,1H3,(H,47,60)(H,49,59,61)/t23?,24?,25-,27-,32?/m1/s1. The number of ether oxygens (including phenoxy) is 1. The highest BCUT2D eigenvalue weighted by atomic mass is 19.3. The number of amides is 3. The number of carbonyl (C=O) groups is 3. The van der Waals surface area contributed by atoms with Crippen LogP contribution in [0.25, 0.3) is 16.7 Å². The number of hydrogen-bond acceptors (Lipinski definition) is 12. The predicted molar refractivity (Wildman–Crippen MR) is 223 cm³/mol. The van der Waals surface area contributed by atoms with Crippen LogP contribution in [-0.4, -0.2) is 138 Å². The summed E-state index contributed by atoms with van der Waals surface area (Å²) in [4.78, 5) is 65.3. The Bertz CT molecular complexity index is 2690. The highest BCUT2D eigenvalue weighted by Crippen LogP contribution is 2.38. The number of hydrogen-bond donors (Lipinski definition) is 2.